The predicted octanol–water partition coefficient (Wildman–Crippen LogP) is 2.80. The van der Waals surface area contributed by atoms with Crippen molar-refractivity contribution < 1.29 is 13.2 Å². The summed E-state index contributed by atoms with van der Waals surface area (Å²) in [5.74, 6) is -0.840. The van der Waals surface area contributed by atoms with Gasteiger partial charge in [-0.1, -0.05) is 65.0 Å². The number of carbonyl (C=O) groups excluding carboxylic acids is 1. The van der Waals surface area contributed by atoms with Crippen molar-refractivity contribution in [2.75, 3.05) is 0 Å². The fourth-order valence-electron chi connectivity index (χ4n) is 2.09. The first-order valence-electron chi connectivity index (χ1n) is 6.10. The van der Waals surface area contributed by atoms with Gasteiger partial charge in [-0.15, -0.1) is 0 Å². The number of hydrogen-bond acceptors (Lipinski definition) is 3. The summed E-state index contributed by atoms with van der Waals surface area (Å²) in [6.45, 7) is 0. The molecule has 102 valence electrons. The molecule has 0 aliphatic rings. The van der Waals surface area contributed by atoms with E-state index >= 15 is 0 Å². The monoisotopic (exact) mass is 287 g/mol. The van der Waals surface area contributed by atoms with Gasteiger partial charge in [0.15, 0.2) is 0 Å². The minimum atomic E-state index is -2.70. The summed E-state index contributed by atoms with van der Waals surface area (Å²) in [6.07, 6.45) is 0.0298. The summed E-state index contributed by atoms with van der Waals surface area (Å²) in [4.78, 5) is 11.7. The normalized spacial score (nSPS) is 10.2. The molecule has 2 aromatic carbocycles. The maximum absolute atomic E-state index is 11.7. The second-order valence-electron chi connectivity index (χ2n) is 4.28. The van der Waals surface area contributed by atoms with E-state index in [0.717, 1.165) is 11.1 Å². The maximum Gasteiger partial charge on any atom is 0.319 e. The average molecular weight is 287 g/mol. The van der Waals surface area contributed by atoms with Crippen molar-refractivity contribution in [2.24, 2.45) is 4.36 Å². The standard InChI is InChI=1S/C15H13NO3S/c17-15(16-20(18)19)11-14(12-7-3-1-4-8-12)13-9-5-2-6-10-13/h1-10,14H,11H2. The van der Waals surface area contributed by atoms with Crippen LogP contribution in [0.5, 0.6) is 0 Å². The third-order valence-electron chi connectivity index (χ3n) is 2.96. The maximum atomic E-state index is 11.7. The van der Waals surface area contributed by atoms with Crippen LogP contribution in [0, 0.1) is 0 Å². The van der Waals surface area contributed by atoms with Crippen molar-refractivity contribution in [3.05, 3.63) is 71.8 Å². The lowest BCUT2D eigenvalue weighted by Crippen LogP contribution is -2.07. The van der Waals surface area contributed by atoms with Crippen LogP contribution in [0.25, 0.3) is 0 Å². The molecule has 2 aromatic rings. The van der Waals surface area contributed by atoms with Crippen molar-refractivity contribution in [1.82, 2.24) is 0 Å². The minimum Gasteiger partial charge on any atom is -0.271 e. The molecule has 0 N–H and O–H groups in total. The Balaban J connectivity index is 2.35. The number of hydrogen-bond donors (Lipinski definition) is 0. The molecule has 0 radical (unpaired) electrons. The Bertz CT molecular complexity index is 662. The zero-order valence-electron chi connectivity index (χ0n) is 10.6. The Morgan fingerprint density at radius 3 is 1.75 bits per heavy atom. The van der Waals surface area contributed by atoms with E-state index in [1.165, 1.54) is 0 Å². The highest BCUT2D eigenvalue weighted by molar-refractivity contribution is 7.62. The SMILES string of the molecule is O=C(CC(c1ccccc1)c1ccccc1)N=S(=O)=O. The molecule has 20 heavy (non-hydrogen) atoms. The van der Waals surface area contributed by atoms with Crippen LogP contribution in [-0.2, 0) is 15.3 Å². The molecule has 4 nitrogen and oxygen atoms in total. The first-order valence-corrected chi connectivity index (χ1v) is 7.14. The van der Waals surface area contributed by atoms with Gasteiger partial charge >= 0.3 is 10.5 Å². The van der Waals surface area contributed by atoms with Crippen LogP contribution < -0.4 is 0 Å². The molecule has 0 aromatic heterocycles. The highest BCUT2D eigenvalue weighted by Gasteiger charge is 2.17. The summed E-state index contributed by atoms with van der Waals surface area (Å²) in [6, 6.07) is 19.0. The molecule has 0 aliphatic carbocycles. The van der Waals surface area contributed by atoms with Crippen LogP contribution in [0.4, 0.5) is 0 Å². The lowest BCUT2D eigenvalue weighted by Gasteiger charge is -2.15. The van der Waals surface area contributed by atoms with E-state index in [2.05, 4.69) is 4.36 Å². The van der Waals surface area contributed by atoms with Crippen molar-refractivity contribution in [3.63, 3.8) is 0 Å². The molecule has 0 heterocycles. The van der Waals surface area contributed by atoms with E-state index in [9.17, 15) is 13.2 Å². The molecule has 5 heteroatoms. The lowest BCUT2D eigenvalue weighted by molar-refractivity contribution is -0.117. The molecule has 0 fully saturated rings. The zero-order valence-corrected chi connectivity index (χ0v) is 11.5. The van der Waals surface area contributed by atoms with E-state index in [0.29, 0.717) is 0 Å². The summed E-state index contributed by atoms with van der Waals surface area (Å²) >= 11 is 0. The van der Waals surface area contributed by atoms with Crippen LogP contribution in [0.1, 0.15) is 23.5 Å². The van der Waals surface area contributed by atoms with E-state index in [1.807, 2.05) is 60.7 Å². The Labute approximate surface area is 118 Å². The average Bonchev–Trinajstić information content (AvgIpc) is 2.46. The molecule has 1 amide bonds. The van der Waals surface area contributed by atoms with Crippen molar-refractivity contribution >= 4 is 16.4 Å². The van der Waals surface area contributed by atoms with Crippen LogP contribution >= 0.6 is 0 Å². The molecule has 0 aliphatic heterocycles. The smallest absolute Gasteiger partial charge is 0.271 e. The zero-order chi connectivity index (χ0) is 14.4. The Morgan fingerprint density at radius 2 is 1.35 bits per heavy atom. The van der Waals surface area contributed by atoms with Crippen LogP contribution in [0.3, 0.4) is 0 Å². The Morgan fingerprint density at radius 1 is 0.900 bits per heavy atom. The van der Waals surface area contributed by atoms with Gasteiger partial charge in [0.05, 0.1) is 0 Å². The van der Waals surface area contributed by atoms with E-state index in [4.69, 9.17) is 0 Å². The Hall–Kier alpha value is -2.27. The fraction of sp³-hybridized carbons (Fsp3) is 0.133. The van der Waals surface area contributed by atoms with Crippen molar-refractivity contribution in [1.29, 1.82) is 0 Å². The molecular formula is C15H13NO3S. The highest BCUT2D eigenvalue weighted by Crippen LogP contribution is 2.28. The second kappa shape index (κ2) is 6.77. The molecule has 0 atom stereocenters. The van der Waals surface area contributed by atoms with Gasteiger partial charge in [0.25, 0.3) is 5.91 Å². The summed E-state index contributed by atoms with van der Waals surface area (Å²) in [5.41, 5.74) is 1.91. The third kappa shape index (κ3) is 3.86. The van der Waals surface area contributed by atoms with E-state index in [-0.39, 0.29) is 12.3 Å². The van der Waals surface area contributed by atoms with Gasteiger partial charge in [0, 0.05) is 12.3 Å². The number of amides is 1. The highest BCUT2D eigenvalue weighted by atomic mass is 32.2. The predicted molar refractivity (Wildman–Crippen MR) is 75.7 cm³/mol. The van der Waals surface area contributed by atoms with Crippen LogP contribution in [0.2, 0.25) is 0 Å². The first-order chi connectivity index (χ1) is 9.66. The molecule has 0 spiro atoms. The second-order valence-corrected chi connectivity index (χ2v) is 4.90. The number of benzene rings is 2. The van der Waals surface area contributed by atoms with Crippen LogP contribution in [0.15, 0.2) is 65.0 Å². The minimum absolute atomic E-state index is 0.0298. The van der Waals surface area contributed by atoms with Gasteiger partial charge in [-0.2, -0.15) is 8.42 Å². The van der Waals surface area contributed by atoms with Crippen molar-refractivity contribution in [2.45, 2.75) is 12.3 Å². The molecular weight excluding hydrogens is 274 g/mol. The van der Waals surface area contributed by atoms with Crippen molar-refractivity contribution in [3.8, 4) is 0 Å². The fourth-order valence-corrected chi connectivity index (χ4v) is 2.33. The first kappa shape index (κ1) is 14.1. The van der Waals surface area contributed by atoms with Gasteiger partial charge in [-0.25, -0.2) is 0 Å². The Kier molecular flexibility index (Phi) is 4.79. The largest absolute Gasteiger partial charge is 0.319 e. The number of nitrogens with zero attached hydrogens (tertiary/aromatic N) is 1. The quantitative estimate of drug-likeness (QED) is 0.868. The third-order valence-corrected chi connectivity index (χ3v) is 3.31. The topological polar surface area (TPSA) is 63.6 Å². The van der Waals surface area contributed by atoms with Gasteiger partial charge in [0.2, 0.25) is 0 Å². The van der Waals surface area contributed by atoms with Gasteiger partial charge in [-0.05, 0) is 11.1 Å². The van der Waals surface area contributed by atoms with Crippen LogP contribution in [-0.4, -0.2) is 14.3 Å². The molecule has 2 rings (SSSR count). The van der Waals surface area contributed by atoms with E-state index in [1.54, 1.807) is 0 Å². The number of carbonyl (C=O) groups is 1. The lowest BCUT2D eigenvalue weighted by atomic mass is 9.88. The molecule has 0 bridgehead atoms. The van der Waals surface area contributed by atoms with Gasteiger partial charge in [-0.3, -0.25) is 4.79 Å². The van der Waals surface area contributed by atoms with E-state index < -0.39 is 16.4 Å². The summed E-state index contributed by atoms with van der Waals surface area (Å²) in [5, 5.41) is 0. The summed E-state index contributed by atoms with van der Waals surface area (Å²) in [7, 11) is -2.70. The summed E-state index contributed by atoms with van der Waals surface area (Å²) < 4.78 is 24.0. The van der Waals surface area contributed by atoms with Gasteiger partial charge < -0.3 is 0 Å². The molecule has 0 saturated carbocycles. The molecule has 0 unspecified atom stereocenters. The van der Waals surface area contributed by atoms with Gasteiger partial charge in [0.1, 0.15) is 0 Å². The molecule has 0 saturated heterocycles. The number of rotatable bonds is 4.